The Morgan fingerprint density at radius 2 is 1.13 bits per heavy atom. The van der Waals surface area contributed by atoms with E-state index in [0.29, 0.717) is 35.6 Å². The Labute approximate surface area is 476 Å². The van der Waals surface area contributed by atoms with Crippen molar-refractivity contribution in [3.8, 4) is 17.2 Å². The summed E-state index contributed by atoms with van der Waals surface area (Å²) in [6.45, 7) is 17.3. The molecule has 4 atom stereocenters. The molecule has 1 amide bonds. The molecule has 7 rings (SSSR count). The van der Waals surface area contributed by atoms with Gasteiger partial charge in [-0.1, -0.05) is 102 Å². The molecule has 0 spiro atoms. The maximum absolute atomic E-state index is 13.7. The van der Waals surface area contributed by atoms with Crippen molar-refractivity contribution in [3.63, 3.8) is 0 Å². The Balaban J connectivity index is 0.000000272. The quantitative estimate of drug-likeness (QED) is 0.00962. The monoisotopic (exact) mass is 1240 g/mol. The number of hydrazine groups is 2. The van der Waals surface area contributed by atoms with Gasteiger partial charge in [0.25, 0.3) is 5.91 Å². The summed E-state index contributed by atoms with van der Waals surface area (Å²) >= 11 is 6.76. The number of carbonyl (C=O) groups is 2. The van der Waals surface area contributed by atoms with Crippen LogP contribution in [0.5, 0.6) is 17.2 Å². The third-order valence-electron chi connectivity index (χ3n) is 12.2. The van der Waals surface area contributed by atoms with Crippen molar-refractivity contribution in [3.05, 3.63) is 157 Å². The third-order valence-corrected chi connectivity index (χ3v) is 13.5. The Morgan fingerprint density at radius 1 is 0.641 bits per heavy atom. The molecule has 5 N–H and O–H groups in total. The molecule has 5 aromatic carbocycles. The minimum atomic E-state index is -2.35. The molecule has 2 aliphatic rings. The van der Waals surface area contributed by atoms with E-state index in [-0.39, 0.29) is 78.3 Å². The number of esters is 1. The SMILES string of the molecule is CC(C)(C)C(NN)c1ccccc1.Cc1c(C(=O)NNC(c2ccccc2)C(C)(C)C)ccc(Br)c1OCCOC1CCCCO1.Cl.O=C(Oc1c(F)c(F)c(F)c(F)c1F)c1ccc(Br)c(OCCOC2CCCCO2)c1. The maximum atomic E-state index is 13.7. The van der Waals surface area contributed by atoms with E-state index < -0.39 is 40.8 Å². The molecule has 2 saturated heterocycles. The predicted molar refractivity (Wildman–Crippen MR) is 297 cm³/mol. The van der Waals surface area contributed by atoms with Crippen LogP contribution in [-0.2, 0) is 18.9 Å². The zero-order chi connectivity index (χ0) is 56.3. The lowest BCUT2D eigenvalue weighted by Crippen LogP contribution is -2.44. The van der Waals surface area contributed by atoms with Gasteiger partial charge in [-0.3, -0.25) is 21.5 Å². The van der Waals surface area contributed by atoms with Crippen molar-refractivity contribution in [1.29, 1.82) is 0 Å². The molecule has 2 fully saturated rings. The van der Waals surface area contributed by atoms with E-state index in [4.69, 9.17) is 34.3 Å². The summed E-state index contributed by atoms with van der Waals surface area (Å²) in [5, 5.41) is 0. The van der Waals surface area contributed by atoms with Crippen molar-refractivity contribution in [2.45, 2.75) is 112 Å². The van der Waals surface area contributed by atoms with Gasteiger partial charge in [0.15, 0.2) is 12.6 Å². The first kappa shape index (κ1) is 65.8. The molecule has 0 aromatic heterocycles. The number of nitrogens with two attached hydrogens (primary N) is 1. The van der Waals surface area contributed by atoms with Gasteiger partial charge in [0, 0.05) is 24.3 Å². The second-order valence-electron chi connectivity index (χ2n) is 20.2. The lowest BCUT2D eigenvalue weighted by atomic mass is 9.83. The summed E-state index contributed by atoms with van der Waals surface area (Å²) in [4.78, 5) is 25.3. The molecular weight excluding hydrogens is 1170 g/mol. The molecule has 0 radical (unpaired) electrons. The molecule has 13 nitrogen and oxygen atoms in total. The molecule has 4 unspecified atom stereocenters. The molecule has 5 aromatic rings. The van der Waals surface area contributed by atoms with Crippen LogP contribution in [0.25, 0.3) is 0 Å². The highest BCUT2D eigenvalue weighted by molar-refractivity contribution is 9.11. The number of hydrogen-bond donors (Lipinski definition) is 4. The molecule has 78 heavy (non-hydrogen) atoms. The van der Waals surface area contributed by atoms with E-state index >= 15 is 0 Å². The first-order chi connectivity index (χ1) is 36.6. The predicted octanol–water partition coefficient (Wildman–Crippen LogP) is 13.6. The molecule has 2 aliphatic heterocycles. The van der Waals surface area contributed by atoms with Crippen molar-refractivity contribution >= 4 is 56.1 Å². The first-order valence-corrected chi connectivity index (χ1v) is 26.9. The molecule has 21 heteroatoms. The van der Waals surface area contributed by atoms with E-state index in [9.17, 15) is 31.5 Å². The summed E-state index contributed by atoms with van der Waals surface area (Å²) in [5.41, 5.74) is 12.5. The van der Waals surface area contributed by atoms with E-state index in [2.05, 4.69) is 119 Å². The van der Waals surface area contributed by atoms with Crippen LogP contribution >= 0.6 is 44.3 Å². The number of ether oxygens (including phenoxy) is 7. The van der Waals surface area contributed by atoms with Crippen LogP contribution in [0, 0.1) is 46.8 Å². The number of halogens is 8. The van der Waals surface area contributed by atoms with Gasteiger partial charge in [-0.25, -0.2) is 23.4 Å². The Morgan fingerprint density at radius 3 is 1.62 bits per heavy atom. The minimum absolute atomic E-state index is 0. The van der Waals surface area contributed by atoms with Gasteiger partial charge in [0.2, 0.25) is 34.8 Å². The molecule has 0 saturated carbocycles. The van der Waals surface area contributed by atoms with Gasteiger partial charge in [0.05, 0.1) is 39.8 Å². The normalized spacial score (nSPS) is 16.2. The number of carbonyl (C=O) groups excluding carboxylic acids is 2. The van der Waals surface area contributed by atoms with E-state index in [1.807, 2.05) is 49.4 Å². The number of benzene rings is 5. The Kier molecular flexibility index (Phi) is 26.9. The zero-order valence-corrected chi connectivity index (χ0v) is 48.7. The molecule has 2 heterocycles. The highest BCUT2D eigenvalue weighted by atomic mass is 79.9. The molecular formula is C57H70Br2ClF5N4O9. The largest absolute Gasteiger partial charge is 0.490 e. The van der Waals surface area contributed by atoms with Crippen LogP contribution in [0.2, 0.25) is 0 Å². The summed E-state index contributed by atoms with van der Waals surface area (Å²) in [5.74, 6) is -8.16. The van der Waals surface area contributed by atoms with Crippen LogP contribution in [0.15, 0.2) is 99.9 Å². The number of nitrogens with one attached hydrogen (secondary N) is 3. The zero-order valence-electron chi connectivity index (χ0n) is 44.8. The van der Waals surface area contributed by atoms with Gasteiger partial charge in [0.1, 0.15) is 24.7 Å². The van der Waals surface area contributed by atoms with Crippen LogP contribution in [-0.4, -0.2) is 64.1 Å². The fourth-order valence-corrected chi connectivity index (χ4v) is 9.04. The average Bonchev–Trinajstić information content (AvgIpc) is 3.42. The molecule has 0 bridgehead atoms. The second kappa shape index (κ2) is 31.9. The van der Waals surface area contributed by atoms with Crippen LogP contribution < -0.4 is 36.3 Å². The van der Waals surface area contributed by atoms with Gasteiger partial charge in [-0.15, -0.1) is 12.4 Å². The van der Waals surface area contributed by atoms with Crippen LogP contribution in [0.4, 0.5) is 22.0 Å². The minimum Gasteiger partial charge on any atom is -0.490 e. The summed E-state index contributed by atoms with van der Waals surface area (Å²) in [7, 11) is 0. The van der Waals surface area contributed by atoms with Crippen molar-refractivity contribution in [2.75, 3.05) is 39.6 Å². The smallest absolute Gasteiger partial charge is 0.343 e. The third kappa shape index (κ3) is 19.5. The second-order valence-corrected chi connectivity index (χ2v) is 21.9. The topological polar surface area (TPSA) is 161 Å². The number of amides is 1. The number of rotatable bonds is 18. The molecule has 0 aliphatic carbocycles. The number of hydrogen-bond acceptors (Lipinski definition) is 12. The van der Waals surface area contributed by atoms with E-state index in [0.717, 1.165) is 60.7 Å². The Hall–Kier alpha value is -4.74. The van der Waals surface area contributed by atoms with E-state index in [1.54, 1.807) is 6.07 Å². The van der Waals surface area contributed by atoms with Crippen LogP contribution in [0.1, 0.15) is 130 Å². The van der Waals surface area contributed by atoms with E-state index in [1.165, 1.54) is 23.8 Å². The van der Waals surface area contributed by atoms with Gasteiger partial charge in [-0.2, -0.15) is 8.78 Å². The van der Waals surface area contributed by atoms with Gasteiger partial charge >= 0.3 is 5.97 Å². The fourth-order valence-electron chi connectivity index (χ4n) is 8.13. The highest BCUT2D eigenvalue weighted by Gasteiger charge is 2.30. The van der Waals surface area contributed by atoms with Crippen LogP contribution in [0.3, 0.4) is 0 Å². The summed E-state index contributed by atoms with van der Waals surface area (Å²) < 4.78 is 107. The first-order valence-electron chi connectivity index (χ1n) is 25.3. The van der Waals surface area contributed by atoms with Crippen molar-refractivity contribution in [1.82, 2.24) is 16.3 Å². The van der Waals surface area contributed by atoms with Crippen molar-refractivity contribution < 1.29 is 64.7 Å². The lowest BCUT2D eigenvalue weighted by Gasteiger charge is -2.32. The average molecular weight is 1250 g/mol. The van der Waals surface area contributed by atoms with Gasteiger partial charge in [-0.05, 0) is 130 Å². The van der Waals surface area contributed by atoms with Gasteiger partial charge < -0.3 is 33.2 Å². The van der Waals surface area contributed by atoms with Crippen molar-refractivity contribution in [2.24, 2.45) is 16.7 Å². The lowest BCUT2D eigenvalue weighted by molar-refractivity contribution is -0.165. The molecule has 428 valence electrons. The summed E-state index contributed by atoms with van der Waals surface area (Å²) in [6, 6.07) is 28.0. The standard InChI is InChI=1S/C26H35BrN2O4.C20H16BrF5O5.C11H18N2.ClH/c1-18-20(25(30)29-28-24(26(2,3)4)19-10-6-5-7-11-19)13-14-21(27)23(18)33-17-16-32-22-12-8-9-15-31-22;21-11-5-4-10(9-12(11)28-7-8-30-13-3-1-2-6-29-13)20(27)31-19-17(25)15(23)14(22)16(24)18(19)26;1-11(2,3)10(13-12)9-7-5-4-6-8-9;/h5-7,10-11,13-14,22,24,28H,8-9,12,15-17H2,1-4H3,(H,29,30);4-5,9,13H,1-3,6-8H2;4-8,10,13H,12H2,1-3H3;1H. The fraction of sp³-hybridized carbons (Fsp3) is 0.439. The summed E-state index contributed by atoms with van der Waals surface area (Å²) in [6.07, 6.45) is 5.46. The maximum Gasteiger partial charge on any atom is 0.343 e. The highest BCUT2D eigenvalue weighted by Crippen LogP contribution is 2.35. The Bertz CT molecular complexity index is 2650.